The third-order valence-electron chi connectivity index (χ3n) is 7.14. The SMILES string of the molecule is O=C1N[C@](c2ccc(F)cc2)(c2ccc(C3C=[C]C=CC3)cc2)[C@H]1CC[C@H](O)c1ccc(F)cc1. The van der Waals surface area contributed by atoms with Crippen molar-refractivity contribution in [2.75, 3.05) is 0 Å². The molecule has 5 rings (SSSR count). The fraction of sp³-hybridized carbons (Fsp3) is 0.233. The van der Waals surface area contributed by atoms with Crippen molar-refractivity contribution in [3.05, 3.63) is 131 Å². The molecule has 2 aliphatic rings. The first kappa shape index (κ1) is 23.2. The second kappa shape index (κ2) is 9.59. The summed E-state index contributed by atoms with van der Waals surface area (Å²) in [7, 11) is 0. The highest BCUT2D eigenvalue weighted by Gasteiger charge is 2.55. The van der Waals surface area contributed by atoms with Crippen LogP contribution in [-0.2, 0) is 10.3 Å². The summed E-state index contributed by atoms with van der Waals surface area (Å²) in [4.78, 5) is 12.8. The van der Waals surface area contributed by atoms with Crippen LogP contribution in [0.15, 0.2) is 91.0 Å². The van der Waals surface area contributed by atoms with Crippen LogP contribution in [0.3, 0.4) is 0 Å². The molecule has 3 nitrogen and oxygen atoms in total. The summed E-state index contributed by atoms with van der Waals surface area (Å²) in [5.41, 5.74) is 2.65. The number of allylic oxidation sites excluding steroid dienone is 4. The maximum absolute atomic E-state index is 13.7. The summed E-state index contributed by atoms with van der Waals surface area (Å²) in [6.07, 6.45) is 10.0. The van der Waals surface area contributed by atoms with Crippen molar-refractivity contribution in [2.24, 2.45) is 5.92 Å². The molecule has 0 bridgehead atoms. The Kier molecular flexibility index (Phi) is 6.35. The maximum Gasteiger partial charge on any atom is 0.227 e. The number of rotatable bonds is 7. The highest BCUT2D eigenvalue weighted by molar-refractivity contribution is 5.90. The van der Waals surface area contributed by atoms with E-state index in [-0.39, 0.29) is 23.5 Å². The molecule has 3 aromatic carbocycles. The van der Waals surface area contributed by atoms with Gasteiger partial charge in [-0.25, -0.2) is 8.78 Å². The Morgan fingerprint density at radius 1 is 0.943 bits per heavy atom. The number of aliphatic hydroxyl groups excluding tert-OH is 1. The van der Waals surface area contributed by atoms with E-state index in [1.807, 2.05) is 18.2 Å². The highest BCUT2D eigenvalue weighted by atomic mass is 19.1. The molecule has 0 spiro atoms. The Bertz CT molecular complexity index is 1250. The van der Waals surface area contributed by atoms with Crippen LogP contribution in [0, 0.1) is 23.6 Å². The molecule has 1 saturated heterocycles. The van der Waals surface area contributed by atoms with Crippen LogP contribution in [0.2, 0.25) is 0 Å². The average Bonchev–Trinajstić information content (AvgIpc) is 2.88. The van der Waals surface area contributed by atoms with E-state index in [1.165, 1.54) is 24.3 Å². The van der Waals surface area contributed by atoms with E-state index >= 15 is 0 Å². The molecule has 1 amide bonds. The lowest BCUT2D eigenvalue weighted by Crippen LogP contribution is -2.67. The summed E-state index contributed by atoms with van der Waals surface area (Å²) in [5.74, 6) is -1.01. The zero-order valence-corrected chi connectivity index (χ0v) is 19.1. The Balaban J connectivity index is 1.44. The van der Waals surface area contributed by atoms with Crippen LogP contribution in [0.25, 0.3) is 0 Å². The number of carbonyl (C=O) groups excluding carboxylic acids is 1. The first-order chi connectivity index (χ1) is 17.0. The van der Waals surface area contributed by atoms with Crippen molar-refractivity contribution < 1.29 is 18.7 Å². The molecule has 1 aliphatic carbocycles. The summed E-state index contributed by atoms with van der Waals surface area (Å²) < 4.78 is 27.0. The van der Waals surface area contributed by atoms with Gasteiger partial charge in [0.05, 0.1) is 12.0 Å². The van der Waals surface area contributed by atoms with Gasteiger partial charge < -0.3 is 10.4 Å². The normalized spacial score (nSPS) is 24.0. The fourth-order valence-corrected chi connectivity index (χ4v) is 5.19. The van der Waals surface area contributed by atoms with Crippen molar-refractivity contribution >= 4 is 5.91 Å². The maximum atomic E-state index is 13.7. The van der Waals surface area contributed by atoms with Gasteiger partial charge >= 0.3 is 0 Å². The van der Waals surface area contributed by atoms with Gasteiger partial charge in [0.2, 0.25) is 5.91 Å². The Labute approximate surface area is 203 Å². The molecule has 4 atom stereocenters. The van der Waals surface area contributed by atoms with Gasteiger partial charge in [-0.2, -0.15) is 0 Å². The number of nitrogens with one attached hydrogen (secondary N) is 1. The summed E-state index contributed by atoms with van der Waals surface area (Å²) in [6, 6.07) is 20.1. The molecule has 0 saturated carbocycles. The third kappa shape index (κ3) is 4.44. The zero-order valence-electron chi connectivity index (χ0n) is 19.1. The quantitative estimate of drug-likeness (QED) is 0.424. The second-order valence-electron chi connectivity index (χ2n) is 9.20. The van der Waals surface area contributed by atoms with Gasteiger partial charge in [0.15, 0.2) is 0 Å². The molecule has 1 fully saturated rings. The third-order valence-corrected chi connectivity index (χ3v) is 7.14. The molecule has 35 heavy (non-hydrogen) atoms. The minimum Gasteiger partial charge on any atom is -0.388 e. The van der Waals surface area contributed by atoms with Crippen molar-refractivity contribution in [3.63, 3.8) is 0 Å². The Hall–Kier alpha value is -3.57. The standard InChI is InChI=1S/C30H26F2NO2/c31-25-14-8-22(9-15-25)28(34)19-18-27-29(35)33-30(27,24-12-16-26(32)17-13-24)23-10-6-21(7-11-23)20-4-2-1-3-5-20/h1-2,5-17,20,27-28,34H,4,18-19H2,(H,33,35)/t20?,27-,28-,30-/m0/s1. The number of benzene rings is 3. The zero-order chi connectivity index (χ0) is 24.4. The van der Waals surface area contributed by atoms with Crippen molar-refractivity contribution in [1.29, 1.82) is 0 Å². The van der Waals surface area contributed by atoms with Crippen LogP contribution in [0.5, 0.6) is 0 Å². The predicted molar refractivity (Wildman–Crippen MR) is 130 cm³/mol. The predicted octanol–water partition coefficient (Wildman–Crippen LogP) is 5.87. The number of hydrogen-bond donors (Lipinski definition) is 2. The van der Waals surface area contributed by atoms with E-state index in [4.69, 9.17) is 0 Å². The second-order valence-corrected chi connectivity index (χ2v) is 9.20. The number of amides is 1. The Morgan fingerprint density at radius 2 is 1.54 bits per heavy atom. The molecule has 1 unspecified atom stereocenters. The van der Waals surface area contributed by atoms with Gasteiger partial charge in [-0.05, 0) is 71.9 Å². The molecule has 1 aliphatic heterocycles. The Morgan fingerprint density at radius 3 is 2.11 bits per heavy atom. The van der Waals surface area contributed by atoms with Crippen molar-refractivity contribution in [2.45, 2.75) is 36.8 Å². The monoisotopic (exact) mass is 470 g/mol. The number of aliphatic hydroxyl groups is 1. The molecule has 1 radical (unpaired) electrons. The van der Waals surface area contributed by atoms with Crippen LogP contribution >= 0.6 is 0 Å². The lowest BCUT2D eigenvalue weighted by atomic mass is 9.64. The van der Waals surface area contributed by atoms with E-state index < -0.39 is 17.6 Å². The lowest BCUT2D eigenvalue weighted by molar-refractivity contribution is -0.140. The minimum atomic E-state index is -0.820. The first-order valence-corrected chi connectivity index (χ1v) is 11.8. The topological polar surface area (TPSA) is 49.3 Å². The van der Waals surface area contributed by atoms with Gasteiger partial charge in [0, 0.05) is 5.92 Å². The van der Waals surface area contributed by atoms with Gasteiger partial charge in [-0.1, -0.05) is 66.8 Å². The summed E-state index contributed by atoms with van der Waals surface area (Å²) in [5, 5.41) is 13.8. The molecule has 177 valence electrons. The fourth-order valence-electron chi connectivity index (χ4n) is 5.19. The van der Waals surface area contributed by atoms with Crippen LogP contribution in [0.4, 0.5) is 8.78 Å². The van der Waals surface area contributed by atoms with E-state index in [0.29, 0.717) is 18.4 Å². The summed E-state index contributed by atoms with van der Waals surface area (Å²) >= 11 is 0. The number of hydrogen-bond acceptors (Lipinski definition) is 2. The molecular formula is C30H26F2NO2. The number of halogens is 2. The lowest BCUT2D eigenvalue weighted by Gasteiger charge is -2.50. The van der Waals surface area contributed by atoms with Gasteiger partial charge in [0.1, 0.15) is 17.2 Å². The van der Waals surface area contributed by atoms with Gasteiger partial charge in [-0.15, -0.1) is 0 Å². The average molecular weight is 471 g/mol. The molecular weight excluding hydrogens is 444 g/mol. The van der Waals surface area contributed by atoms with Gasteiger partial charge in [0.25, 0.3) is 0 Å². The van der Waals surface area contributed by atoms with E-state index in [1.54, 1.807) is 24.3 Å². The van der Waals surface area contributed by atoms with Gasteiger partial charge in [-0.3, -0.25) is 4.79 Å². The highest BCUT2D eigenvalue weighted by Crippen LogP contribution is 2.47. The molecule has 2 N–H and O–H groups in total. The smallest absolute Gasteiger partial charge is 0.227 e. The minimum absolute atomic E-state index is 0.111. The largest absolute Gasteiger partial charge is 0.388 e. The number of β-lactam (4-membered cyclic amide) rings is 1. The molecule has 1 heterocycles. The van der Waals surface area contributed by atoms with E-state index in [2.05, 4.69) is 35.7 Å². The van der Waals surface area contributed by atoms with Crippen LogP contribution in [-0.4, -0.2) is 11.0 Å². The first-order valence-electron chi connectivity index (χ1n) is 11.8. The molecule has 0 aromatic heterocycles. The van der Waals surface area contributed by atoms with Crippen molar-refractivity contribution in [1.82, 2.24) is 5.32 Å². The van der Waals surface area contributed by atoms with Crippen LogP contribution < -0.4 is 5.32 Å². The van der Waals surface area contributed by atoms with Crippen LogP contribution in [0.1, 0.15) is 53.5 Å². The summed E-state index contributed by atoms with van der Waals surface area (Å²) in [6.45, 7) is 0. The van der Waals surface area contributed by atoms with Crippen molar-refractivity contribution in [3.8, 4) is 0 Å². The number of carbonyl (C=O) groups is 1. The van der Waals surface area contributed by atoms with E-state index in [0.717, 1.165) is 23.1 Å². The molecule has 3 aromatic rings. The molecule has 5 heteroatoms. The van der Waals surface area contributed by atoms with E-state index in [9.17, 15) is 18.7 Å².